The summed E-state index contributed by atoms with van der Waals surface area (Å²) in [7, 11) is 0. The molecular formula is C19H25NO2S. The van der Waals surface area contributed by atoms with Crippen LogP contribution < -0.4 is 10.1 Å². The summed E-state index contributed by atoms with van der Waals surface area (Å²) in [4.78, 5) is 12.2. The molecule has 0 unspecified atom stereocenters. The predicted octanol–water partition coefficient (Wildman–Crippen LogP) is 4.26. The zero-order chi connectivity index (χ0) is 16.9. The third-order valence-corrected chi connectivity index (χ3v) is 4.63. The van der Waals surface area contributed by atoms with Gasteiger partial charge in [0.2, 0.25) is 0 Å². The quantitative estimate of drug-likeness (QED) is 0.804. The minimum atomic E-state index is -0.513. The van der Waals surface area contributed by atoms with Crippen LogP contribution in [0.15, 0.2) is 42.5 Å². The molecular weight excluding hydrogens is 306 g/mol. The van der Waals surface area contributed by atoms with Crippen molar-refractivity contribution < 1.29 is 9.53 Å². The van der Waals surface area contributed by atoms with Gasteiger partial charge in [0, 0.05) is 22.4 Å². The molecule has 0 aliphatic carbocycles. The van der Waals surface area contributed by atoms with Gasteiger partial charge in [-0.1, -0.05) is 57.2 Å². The lowest BCUT2D eigenvalue weighted by Gasteiger charge is -2.19. The molecule has 124 valence electrons. The number of ether oxygens (including phenoxy) is 1. The lowest BCUT2D eigenvalue weighted by Crippen LogP contribution is -2.37. The number of nitrogens with one attached hydrogen (secondary N) is 1. The van der Waals surface area contributed by atoms with Gasteiger partial charge in [-0.05, 0) is 18.4 Å². The van der Waals surface area contributed by atoms with Crippen molar-refractivity contribution in [2.75, 3.05) is 12.3 Å². The van der Waals surface area contributed by atoms with Crippen LogP contribution in [0.3, 0.4) is 0 Å². The van der Waals surface area contributed by atoms with Crippen molar-refractivity contribution in [3.63, 3.8) is 0 Å². The van der Waals surface area contributed by atoms with E-state index in [1.54, 1.807) is 6.92 Å². The van der Waals surface area contributed by atoms with E-state index in [1.165, 1.54) is 0 Å². The zero-order valence-electron chi connectivity index (χ0n) is 14.3. The molecule has 0 heterocycles. The van der Waals surface area contributed by atoms with E-state index in [9.17, 15) is 4.79 Å². The van der Waals surface area contributed by atoms with Crippen LogP contribution in [-0.4, -0.2) is 29.1 Å². The Hall–Kier alpha value is -1.68. The fraction of sp³-hybridized carbons (Fsp3) is 0.421. The average Bonchev–Trinajstić information content (AvgIpc) is 2.50. The summed E-state index contributed by atoms with van der Waals surface area (Å²) < 4.78 is 6.09. The fourth-order valence-corrected chi connectivity index (χ4v) is 3.03. The van der Waals surface area contributed by atoms with Gasteiger partial charge >= 0.3 is 0 Å². The molecule has 0 aliphatic heterocycles. The summed E-state index contributed by atoms with van der Waals surface area (Å²) in [6, 6.07) is 13.9. The lowest BCUT2D eigenvalue weighted by atomic mass is 10.1. The van der Waals surface area contributed by atoms with Gasteiger partial charge in [-0.2, -0.15) is 11.8 Å². The smallest absolute Gasteiger partial charge is 0.260 e. The first-order chi connectivity index (χ1) is 10.9. The SMILES string of the molecule is C[C@@H](Oc1cccc2ccccc12)C(=O)NCCSC(C)(C)C. The van der Waals surface area contributed by atoms with Gasteiger partial charge < -0.3 is 10.1 Å². The molecule has 2 aromatic carbocycles. The Balaban J connectivity index is 1.90. The van der Waals surface area contributed by atoms with E-state index >= 15 is 0 Å². The molecule has 0 saturated heterocycles. The van der Waals surface area contributed by atoms with Crippen LogP contribution in [0.4, 0.5) is 0 Å². The summed E-state index contributed by atoms with van der Waals surface area (Å²) in [5.74, 6) is 1.57. The van der Waals surface area contributed by atoms with Gasteiger partial charge in [-0.15, -0.1) is 0 Å². The van der Waals surface area contributed by atoms with Crippen molar-refractivity contribution in [2.45, 2.75) is 38.5 Å². The number of amides is 1. The second-order valence-corrected chi connectivity index (χ2v) is 8.41. The normalized spacial score (nSPS) is 12.9. The number of carbonyl (C=O) groups excluding carboxylic acids is 1. The predicted molar refractivity (Wildman–Crippen MR) is 99.3 cm³/mol. The van der Waals surface area contributed by atoms with Gasteiger partial charge in [0.15, 0.2) is 6.10 Å². The van der Waals surface area contributed by atoms with Crippen LogP contribution >= 0.6 is 11.8 Å². The van der Waals surface area contributed by atoms with Crippen LogP contribution in [0.5, 0.6) is 5.75 Å². The van der Waals surface area contributed by atoms with E-state index in [0.29, 0.717) is 6.54 Å². The van der Waals surface area contributed by atoms with E-state index in [4.69, 9.17) is 4.74 Å². The van der Waals surface area contributed by atoms with Crippen molar-refractivity contribution in [1.82, 2.24) is 5.32 Å². The minimum Gasteiger partial charge on any atom is -0.480 e. The third-order valence-electron chi connectivity index (χ3n) is 3.36. The van der Waals surface area contributed by atoms with Crippen LogP contribution in [0, 0.1) is 0 Å². The second kappa shape index (κ2) is 7.73. The van der Waals surface area contributed by atoms with Crippen LogP contribution in [0.25, 0.3) is 10.8 Å². The molecule has 1 amide bonds. The zero-order valence-corrected chi connectivity index (χ0v) is 15.1. The second-order valence-electron chi connectivity index (χ2n) is 6.49. The number of fused-ring (bicyclic) bond motifs is 1. The largest absolute Gasteiger partial charge is 0.480 e. The van der Waals surface area contributed by atoms with E-state index in [0.717, 1.165) is 22.3 Å². The third kappa shape index (κ3) is 5.47. The maximum absolute atomic E-state index is 12.2. The number of hydrogen-bond donors (Lipinski definition) is 1. The summed E-state index contributed by atoms with van der Waals surface area (Å²) in [6.07, 6.45) is -0.513. The van der Waals surface area contributed by atoms with Crippen molar-refractivity contribution >= 4 is 28.4 Å². The first-order valence-electron chi connectivity index (χ1n) is 7.93. The van der Waals surface area contributed by atoms with Gasteiger partial charge in [-0.3, -0.25) is 4.79 Å². The summed E-state index contributed by atoms with van der Waals surface area (Å²) >= 11 is 1.84. The van der Waals surface area contributed by atoms with Crippen LogP contribution in [0.1, 0.15) is 27.7 Å². The van der Waals surface area contributed by atoms with Gasteiger partial charge in [-0.25, -0.2) is 0 Å². The Bertz CT molecular complexity index is 658. The number of rotatable bonds is 6. The Kier molecular flexibility index (Phi) is 5.94. The fourth-order valence-electron chi connectivity index (χ4n) is 2.22. The molecule has 23 heavy (non-hydrogen) atoms. The molecule has 0 aliphatic rings. The topological polar surface area (TPSA) is 38.3 Å². The number of hydrogen-bond acceptors (Lipinski definition) is 3. The Morgan fingerprint density at radius 3 is 2.61 bits per heavy atom. The van der Waals surface area contributed by atoms with Crippen LogP contribution in [-0.2, 0) is 4.79 Å². The molecule has 0 radical (unpaired) electrons. The van der Waals surface area contributed by atoms with E-state index in [-0.39, 0.29) is 10.7 Å². The maximum atomic E-state index is 12.2. The summed E-state index contributed by atoms with van der Waals surface area (Å²) in [5, 5.41) is 5.07. The highest BCUT2D eigenvalue weighted by molar-refractivity contribution is 8.00. The molecule has 1 atom stereocenters. The summed E-state index contributed by atoms with van der Waals surface area (Å²) in [6.45, 7) is 8.96. The molecule has 3 nitrogen and oxygen atoms in total. The summed E-state index contributed by atoms with van der Waals surface area (Å²) in [5.41, 5.74) is 0. The van der Waals surface area contributed by atoms with Crippen molar-refractivity contribution in [3.05, 3.63) is 42.5 Å². The highest BCUT2D eigenvalue weighted by Gasteiger charge is 2.16. The molecule has 0 bridgehead atoms. The highest BCUT2D eigenvalue weighted by atomic mass is 32.2. The number of thioether (sulfide) groups is 1. The standard InChI is InChI=1S/C19H25NO2S/c1-14(18(21)20-12-13-23-19(2,3)4)22-17-11-7-9-15-8-5-6-10-16(15)17/h5-11,14H,12-13H2,1-4H3,(H,20,21)/t14-/m1/s1. The van der Waals surface area contributed by atoms with Crippen molar-refractivity contribution in [2.24, 2.45) is 0 Å². The maximum Gasteiger partial charge on any atom is 0.260 e. The van der Waals surface area contributed by atoms with Gasteiger partial charge in [0.05, 0.1) is 0 Å². The molecule has 2 rings (SSSR count). The monoisotopic (exact) mass is 331 g/mol. The van der Waals surface area contributed by atoms with E-state index < -0.39 is 6.10 Å². The van der Waals surface area contributed by atoms with Crippen molar-refractivity contribution in [1.29, 1.82) is 0 Å². The first kappa shape index (κ1) is 17.7. The van der Waals surface area contributed by atoms with Gasteiger partial charge in [0.1, 0.15) is 5.75 Å². The number of carbonyl (C=O) groups is 1. The Labute approximate surface area is 142 Å². The molecule has 0 aromatic heterocycles. The highest BCUT2D eigenvalue weighted by Crippen LogP contribution is 2.26. The molecule has 0 saturated carbocycles. The lowest BCUT2D eigenvalue weighted by molar-refractivity contribution is -0.127. The van der Waals surface area contributed by atoms with Crippen molar-refractivity contribution in [3.8, 4) is 5.75 Å². The first-order valence-corrected chi connectivity index (χ1v) is 8.91. The molecule has 2 aromatic rings. The van der Waals surface area contributed by atoms with E-state index in [1.807, 2.05) is 54.2 Å². The Morgan fingerprint density at radius 1 is 1.17 bits per heavy atom. The van der Waals surface area contributed by atoms with Crippen LogP contribution in [0.2, 0.25) is 0 Å². The number of benzene rings is 2. The van der Waals surface area contributed by atoms with Gasteiger partial charge in [0.25, 0.3) is 5.91 Å². The molecule has 1 N–H and O–H groups in total. The minimum absolute atomic E-state index is 0.0764. The average molecular weight is 331 g/mol. The Morgan fingerprint density at radius 2 is 1.87 bits per heavy atom. The van der Waals surface area contributed by atoms with E-state index in [2.05, 4.69) is 26.1 Å². The molecule has 0 fully saturated rings. The molecule has 4 heteroatoms. The molecule has 0 spiro atoms.